The van der Waals surface area contributed by atoms with Crippen LogP contribution in [0.1, 0.15) is 6.42 Å². The molecule has 4 rings (SSSR count). The summed E-state index contributed by atoms with van der Waals surface area (Å²) in [6.45, 7) is 1.31. The minimum atomic E-state index is -0.435. The van der Waals surface area contributed by atoms with Crippen molar-refractivity contribution in [1.29, 1.82) is 0 Å². The maximum Gasteiger partial charge on any atom is 0.229 e. The highest BCUT2D eigenvalue weighted by molar-refractivity contribution is 6.04. The summed E-state index contributed by atoms with van der Waals surface area (Å²) in [5.74, 6) is 0.543. The van der Waals surface area contributed by atoms with Crippen molar-refractivity contribution in [3.63, 3.8) is 0 Å². The van der Waals surface area contributed by atoms with Crippen molar-refractivity contribution in [3.8, 4) is 11.5 Å². The highest BCUT2D eigenvalue weighted by Crippen LogP contribution is 2.36. The first-order chi connectivity index (χ1) is 12.6. The molecular weight excluding hydrogens is 334 g/mol. The van der Waals surface area contributed by atoms with Crippen molar-refractivity contribution >= 4 is 28.9 Å². The molecule has 2 aliphatic rings. The van der Waals surface area contributed by atoms with Crippen LogP contribution >= 0.6 is 0 Å². The third-order valence-corrected chi connectivity index (χ3v) is 4.55. The van der Waals surface area contributed by atoms with Gasteiger partial charge in [-0.25, -0.2) is 0 Å². The van der Waals surface area contributed by atoms with Crippen LogP contribution in [-0.4, -0.2) is 31.6 Å². The van der Waals surface area contributed by atoms with E-state index in [2.05, 4.69) is 5.32 Å². The molecule has 2 aromatic rings. The topological polar surface area (TPSA) is 93.9 Å². The molecule has 0 bridgehead atoms. The van der Waals surface area contributed by atoms with Gasteiger partial charge < -0.3 is 25.4 Å². The molecule has 0 spiro atoms. The second kappa shape index (κ2) is 6.59. The second-order valence-electron chi connectivity index (χ2n) is 6.31. The summed E-state index contributed by atoms with van der Waals surface area (Å²) in [4.78, 5) is 26.6. The van der Waals surface area contributed by atoms with Gasteiger partial charge in [0.25, 0.3) is 0 Å². The highest BCUT2D eigenvalue weighted by atomic mass is 16.6. The Hall–Kier alpha value is -3.22. The Labute approximate surface area is 150 Å². The van der Waals surface area contributed by atoms with Gasteiger partial charge in [0, 0.05) is 24.7 Å². The van der Waals surface area contributed by atoms with Crippen LogP contribution < -0.4 is 25.4 Å². The monoisotopic (exact) mass is 353 g/mol. The summed E-state index contributed by atoms with van der Waals surface area (Å²) in [6, 6.07) is 12.4. The molecule has 134 valence electrons. The molecule has 2 amide bonds. The fraction of sp³-hybridized carbons (Fsp3) is 0.263. The van der Waals surface area contributed by atoms with Crippen LogP contribution in [0.3, 0.4) is 0 Å². The quantitative estimate of drug-likeness (QED) is 0.824. The van der Waals surface area contributed by atoms with Crippen molar-refractivity contribution in [2.75, 3.05) is 35.7 Å². The van der Waals surface area contributed by atoms with Gasteiger partial charge in [-0.2, -0.15) is 0 Å². The predicted octanol–water partition coefficient (Wildman–Crippen LogP) is 2.03. The van der Waals surface area contributed by atoms with Crippen molar-refractivity contribution < 1.29 is 19.1 Å². The third kappa shape index (κ3) is 3.03. The number of rotatable bonds is 3. The van der Waals surface area contributed by atoms with Gasteiger partial charge in [-0.3, -0.25) is 9.59 Å². The minimum Gasteiger partial charge on any atom is -0.486 e. The normalized spacial score (nSPS) is 18.7. The first-order valence-electron chi connectivity index (χ1n) is 8.47. The molecule has 0 saturated carbocycles. The van der Waals surface area contributed by atoms with E-state index in [1.54, 1.807) is 47.4 Å². The number of hydrogen-bond donors (Lipinski definition) is 2. The Bertz CT molecular complexity index is 868. The van der Waals surface area contributed by atoms with Crippen LogP contribution in [0.15, 0.2) is 42.5 Å². The zero-order chi connectivity index (χ0) is 18.1. The van der Waals surface area contributed by atoms with Crippen LogP contribution in [0.25, 0.3) is 0 Å². The lowest BCUT2D eigenvalue weighted by Crippen LogP contribution is -2.28. The summed E-state index contributed by atoms with van der Waals surface area (Å²) in [7, 11) is 0. The van der Waals surface area contributed by atoms with E-state index >= 15 is 0 Å². The SMILES string of the molecule is Nc1ccccc1NC(=O)C1CC(=O)N(c2ccc3c(c2)OCCO3)C1. The zero-order valence-corrected chi connectivity index (χ0v) is 14.1. The number of carbonyl (C=O) groups is 2. The Morgan fingerprint density at radius 2 is 1.88 bits per heavy atom. The molecule has 1 fully saturated rings. The van der Waals surface area contributed by atoms with Crippen LogP contribution in [0, 0.1) is 5.92 Å². The van der Waals surface area contributed by atoms with E-state index in [-0.39, 0.29) is 18.2 Å². The first-order valence-corrected chi connectivity index (χ1v) is 8.47. The summed E-state index contributed by atoms with van der Waals surface area (Å²) in [6.07, 6.45) is 0.160. The molecule has 2 aromatic carbocycles. The van der Waals surface area contributed by atoms with Crippen molar-refractivity contribution in [2.24, 2.45) is 5.92 Å². The lowest BCUT2D eigenvalue weighted by molar-refractivity contribution is -0.122. The molecule has 26 heavy (non-hydrogen) atoms. The minimum absolute atomic E-state index is 0.0946. The van der Waals surface area contributed by atoms with E-state index in [1.807, 2.05) is 0 Å². The summed E-state index contributed by atoms with van der Waals surface area (Å²) in [5, 5.41) is 2.81. The van der Waals surface area contributed by atoms with Crippen LogP contribution in [0.5, 0.6) is 11.5 Å². The molecule has 2 heterocycles. The number of carbonyl (C=O) groups excluding carboxylic acids is 2. The molecular formula is C19H19N3O4. The van der Waals surface area contributed by atoms with Crippen LogP contribution in [0.4, 0.5) is 17.1 Å². The third-order valence-electron chi connectivity index (χ3n) is 4.55. The van der Waals surface area contributed by atoms with Gasteiger partial charge in [-0.05, 0) is 24.3 Å². The first kappa shape index (κ1) is 16.3. The average Bonchev–Trinajstić information content (AvgIpc) is 3.05. The lowest BCUT2D eigenvalue weighted by Gasteiger charge is -2.22. The largest absolute Gasteiger partial charge is 0.486 e. The molecule has 2 aliphatic heterocycles. The van der Waals surface area contributed by atoms with Gasteiger partial charge in [-0.1, -0.05) is 12.1 Å². The second-order valence-corrected chi connectivity index (χ2v) is 6.31. The van der Waals surface area contributed by atoms with Gasteiger partial charge in [0.1, 0.15) is 13.2 Å². The highest BCUT2D eigenvalue weighted by Gasteiger charge is 2.35. The number of ether oxygens (including phenoxy) is 2. The Kier molecular flexibility index (Phi) is 4.12. The number of fused-ring (bicyclic) bond motifs is 1. The molecule has 1 atom stereocenters. The maximum atomic E-state index is 12.5. The van der Waals surface area contributed by atoms with Crippen molar-refractivity contribution in [2.45, 2.75) is 6.42 Å². The van der Waals surface area contributed by atoms with E-state index in [4.69, 9.17) is 15.2 Å². The Morgan fingerprint density at radius 1 is 1.12 bits per heavy atom. The van der Waals surface area contributed by atoms with Gasteiger partial charge in [-0.15, -0.1) is 0 Å². The number of amides is 2. The number of nitrogens with zero attached hydrogens (tertiary/aromatic N) is 1. The molecule has 7 heteroatoms. The smallest absolute Gasteiger partial charge is 0.229 e. The Balaban J connectivity index is 1.48. The van der Waals surface area contributed by atoms with Gasteiger partial charge in [0.05, 0.1) is 17.3 Å². The fourth-order valence-corrected chi connectivity index (χ4v) is 3.18. The number of anilines is 3. The number of nitrogen functional groups attached to an aromatic ring is 1. The maximum absolute atomic E-state index is 12.5. The summed E-state index contributed by atoms with van der Waals surface area (Å²) >= 11 is 0. The average molecular weight is 353 g/mol. The molecule has 3 N–H and O–H groups in total. The van der Waals surface area contributed by atoms with E-state index in [9.17, 15) is 9.59 Å². The zero-order valence-electron chi connectivity index (χ0n) is 14.1. The molecule has 0 aromatic heterocycles. The Morgan fingerprint density at radius 3 is 2.69 bits per heavy atom. The standard InChI is InChI=1S/C19H19N3O4/c20-14-3-1-2-4-15(14)21-19(24)12-9-18(23)22(11-12)13-5-6-16-17(10-13)26-8-7-25-16/h1-6,10,12H,7-9,11,20H2,(H,21,24). The van der Waals surface area contributed by atoms with Crippen LogP contribution in [0.2, 0.25) is 0 Å². The number of hydrogen-bond acceptors (Lipinski definition) is 5. The fourth-order valence-electron chi connectivity index (χ4n) is 3.18. The lowest BCUT2D eigenvalue weighted by atomic mass is 10.1. The molecule has 0 aliphatic carbocycles. The molecule has 7 nitrogen and oxygen atoms in total. The van der Waals surface area contributed by atoms with Crippen molar-refractivity contribution in [3.05, 3.63) is 42.5 Å². The van der Waals surface area contributed by atoms with Gasteiger partial charge in [0.2, 0.25) is 11.8 Å². The van der Waals surface area contributed by atoms with Gasteiger partial charge in [0.15, 0.2) is 11.5 Å². The summed E-state index contributed by atoms with van der Waals surface area (Å²) in [5.41, 5.74) is 7.62. The van der Waals surface area contributed by atoms with Gasteiger partial charge >= 0.3 is 0 Å². The number of nitrogens with one attached hydrogen (secondary N) is 1. The van der Waals surface area contributed by atoms with Crippen LogP contribution in [-0.2, 0) is 9.59 Å². The molecule has 1 unspecified atom stereocenters. The predicted molar refractivity (Wildman–Crippen MR) is 97.4 cm³/mol. The number of nitrogens with two attached hydrogens (primary N) is 1. The van der Waals surface area contributed by atoms with E-state index < -0.39 is 5.92 Å². The molecule has 0 radical (unpaired) electrons. The number of benzene rings is 2. The van der Waals surface area contributed by atoms with Crippen molar-refractivity contribution in [1.82, 2.24) is 0 Å². The van der Waals surface area contributed by atoms with E-state index in [0.29, 0.717) is 48.3 Å². The summed E-state index contributed by atoms with van der Waals surface area (Å²) < 4.78 is 11.1. The van der Waals surface area contributed by atoms with E-state index in [0.717, 1.165) is 0 Å². The number of para-hydroxylation sites is 2. The molecule has 1 saturated heterocycles. The van der Waals surface area contributed by atoms with E-state index in [1.165, 1.54) is 0 Å².